The zero-order chi connectivity index (χ0) is 14.9. The van der Waals surface area contributed by atoms with Crippen LogP contribution in [-0.4, -0.2) is 4.57 Å². The summed E-state index contributed by atoms with van der Waals surface area (Å²) in [5.74, 6) is 0. The van der Waals surface area contributed by atoms with Crippen molar-refractivity contribution < 1.29 is 0 Å². The minimum atomic E-state index is 0.0195. The van der Waals surface area contributed by atoms with Crippen molar-refractivity contribution in [3.05, 3.63) is 85.9 Å². The van der Waals surface area contributed by atoms with Crippen LogP contribution in [0.15, 0.2) is 70.6 Å². The topological polar surface area (TPSA) is 37.6 Å². The Bertz CT molecular complexity index is 974. The number of aromatic nitrogens is 1. The lowest BCUT2D eigenvalue weighted by Gasteiger charge is -2.12. The van der Waals surface area contributed by atoms with Crippen molar-refractivity contribution in [3.8, 4) is 0 Å². The summed E-state index contributed by atoms with van der Waals surface area (Å²) in [6.07, 6.45) is 1.92. The van der Waals surface area contributed by atoms with E-state index < -0.39 is 0 Å². The van der Waals surface area contributed by atoms with Crippen molar-refractivity contribution >= 4 is 23.1 Å². The second-order valence-electron chi connectivity index (χ2n) is 5.01. The van der Waals surface area contributed by atoms with E-state index in [9.17, 15) is 4.79 Å². The van der Waals surface area contributed by atoms with Crippen LogP contribution in [0.1, 0.15) is 5.56 Å². The molecule has 0 unspecified atom stereocenters. The van der Waals surface area contributed by atoms with Gasteiger partial charge in [-0.3, -0.25) is 9.36 Å². The molecule has 4 nitrogen and oxygen atoms in total. The molecule has 0 N–H and O–H groups in total. The molecule has 0 bridgehead atoms. The molecule has 0 radical (unpaired) electrons. The van der Waals surface area contributed by atoms with Crippen molar-refractivity contribution in [2.75, 3.05) is 5.01 Å². The van der Waals surface area contributed by atoms with Crippen LogP contribution in [0.25, 0.3) is 6.08 Å². The molecule has 1 aliphatic heterocycles. The van der Waals surface area contributed by atoms with E-state index >= 15 is 0 Å². The van der Waals surface area contributed by atoms with Gasteiger partial charge in [-0.05, 0) is 23.8 Å². The first-order chi connectivity index (χ1) is 10.8. The average Bonchev–Trinajstić information content (AvgIpc) is 3.10. The van der Waals surface area contributed by atoms with E-state index in [4.69, 9.17) is 0 Å². The number of anilines is 1. The molecular weight excluding hydrogens is 294 g/mol. The number of benzene rings is 2. The summed E-state index contributed by atoms with van der Waals surface area (Å²) in [6.45, 7) is 0.470. The Morgan fingerprint density at radius 1 is 1.00 bits per heavy atom. The van der Waals surface area contributed by atoms with E-state index in [1.165, 1.54) is 11.3 Å². The van der Waals surface area contributed by atoms with Crippen molar-refractivity contribution in [2.24, 2.45) is 5.10 Å². The van der Waals surface area contributed by atoms with Gasteiger partial charge in [-0.15, -0.1) is 5.10 Å². The monoisotopic (exact) mass is 307 g/mol. The predicted molar refractivity (Wildman–Crippen MR) is 88.3 cm³/mol. The van der Waals surface area contributed by atoms with Gasteiger partial charge in [0, 0.05) is 0 Å². The number of para-hydroxylation sites is 1. The Balaban J connectivity index is 1.77. The van der Waals surface area contributed by atoms with Crippen molar-refractivity contribution in [1.29, 1.82) is 0 Å². The second kappa shape index (κ2) is 5.27. The van der Waals surface area contributed by atoms with Crippen LogP contribution >= 0.6 is 11.3 Å². The van der Waals surface area contributed by atoms with Crippen LogP contribution in [0.5, 0.6) is 0 Å². The third-order valence-corrected chi connectivity index (χ3v) is 4.52. The number of fused-ring (bicyclic) bond motifs is 1. The molecule has 0 amide bonds. The minimum Gasteiger partial charge on any atom is -0.268 e. The van der Waals surface area contributed by atoms with Crippen LogP contribution in [0.4, 0.5) is 5.69 Å². The Morgan fingerprint density at radius 2 is 1.68 bits per heavy atom. The first-order valence-corrected chi connectivity index (χ1v) is 7.80. The molecule has 0 aliphatic carbocycles. The van der Waals surface area contributed by atoms with Gasteiger partial charge >= 0.3 is 0 Å². The highest BCUT2D eigenvalue weighted by molar-refractivity contribution is 7.07. The van der Waals surface area contributed by atoms with E-state index in [0.717, 1.165) is 20.6 Å². The molecule has 0 atom stereocenters. The maximum atomic E-state index is 12.5. The standard InChI is InChI=1S/C17H13N3OS/c21-16-15(11-13-7-3-1-4-8-13)22-17-18-20(12-19(16)17)14-9-5-2-6-10-14/h1-11H,12H2/b15-11+. The quantitative estimate of drug-likeness (QED) is 0.723. The van der Waals surface area contributed by atoms with E-state index in [0.29, 0.717) is 6.67 Å². The van der Waals surface area contributed by atoms with Gasteiger partial charge in [0.2, 0.25) is 4.80 Å². The van der Waals surface area contributed by atoms with Gasteiger partial charge in [-0.1, -0.05) is 59.9 Å². The van der Waals surface area contributed by atoms with Gasteiger partial charge < -0.3 is 0 Å². The van der Waals surface area contributed by atoms with Gasteiger partial charge in [0.15, 0.2) is 0 Å². The summed E-state index contributed by atoms with van der Waals surface area (Å²) >= 11 is 1.43. The average molecular weight is 307 g/mol. The smallest absolute Gasteiger partial charge is 0.268 e. The molecule has 1 aromatic heterocycles. The van der Waals surface area contributed by atoms with Crippen LogP contribution in [0.2, 0.25) is 0 Å². The molecule has 4 rings (SSSR count). The molecule has 0 saturated heterocycles. The van der Waals surface area contributed by atoms with E-state index in [1.807, 2.05) is 71.7 Å². The third kappa shape index (κ3) is 2.25. The molecule has 22 heavy (non-hydrogen) atoms. The fourth-order valence-corrected chi connectivity index (χ4v) is 3.40. The van der Waals surface area contributed by atoms with Crippen LogP contribution in [-0.2, 0) is 6.67 Å². The second-order valence-corrected chi connectivity index (χ2v) is 6.02. The first kappa shape index (κ1) is 13.0. The molecule has 3 aromatic rings. The third-order valence-electron chi connectivity index (χ3n) is 3.52. The van der Waals surface area contributed by atoms with Crippen molar-refractivity contribution in [3.63, 3.8) is 0 Å². The van der Waals surface area contributed by atoms with E-state index in [2.05, 4.69) is 5.10 Å². The van der Waals surface area contributed by atoms with Gasteiger partial charge in [0.25, 0.3) is 5.56 Å². The highest BCUT2D eigenvalue weighted by Gasteiger charge is 2.17. The SMILES string of the molecule is O=c1/c(=C\c2ccccc2)sc2n1CN(c1ccccc1)N=2. The summed E-state index contributed by atoms with van der Waals surface area (Å²) in [5, 5.41) is 6.39. The van der Waals surface area contributed by atoms with Gasteiger partial charge in [0.05, 0.1) is 10.2 Å². The number of rotatable bonds is 2. The summed E-state index contributed by atoms with van der Waals surface area (Å²) in [7, 11) is 0. The molecule has 0 saturated carbocycles. The fraction of sp³-hybridized carbons (Fsp3) is 0.0588. The Kier molecular flexibility index (Phi) is 3.12. The molecule has 108 valence electrons. The van der Waals surface area contributed by atoms with E-state index in [1.54, 1.807) is 4.57 Å². The van der Waals surface area contributed by atoms with Gasteiger partial charge in [-0.2, -0.15) is 0 Å². The molecule has 1 aliphatic rings. The van der Waals surface area contributed by atoms with Gasteiger partial charge in [0.1, 0.15) is 6.67 Å². The van der Waals surface area contributed by atoms with Crippen molar-refractivity contribution in [2.45, 2.75) is 6.67 Å². The Labute approximate surface area is 130 Å². The lowest BCUT2D eigenvalue weighted by atomic mass is 10.2. The molecular formula is C17H13N3OS. The zero-order valence-electron chi connectivity index (χ0n) is 11.7. The first-order valence-electron chi connectivity index (χ1n) is 6.99. The summed E-state index contributed by atoms with van der Waals surface area (Å²) in [6, 6.07) is 19.7. The van der Waals surface area contributed by atoms with Crippen LogP contribution in [0, 0.1) is 0 Å². The lowest BCUT2D eigenvalue weighted by molar-refractivity contribution is 0.697. The van der Waals surface area contributed by atoms with E-state index in [-0.39, 0.29) is 5.56 Å². The number of hydrogen-bond acceptors (Lipinski definition) is 4. The summed E-state index contributed by atoms with van der Waals surface area (Å²) in [5.41, 5.74) is 2.04. The summed E-state index contributed by atoms with van der Waals surface area (Å²) < 4.78 is 2.43. The van der Waals surface area contributed by atoms with Crippen LogP contribution < -0.4 is 19.9 Å². The minimum absolute atomic E-state index is 0.0195. The number of nitrogens with zero attached hydrogens (tertiary/aromatic N) is 3. The fourth-order valence-electron chi connectivity index (χ4n) is 2.42. The molecule has 0 fully saturated rings. The normalized spacial score (nSPS) is 14.0. The molecule has 2 heterocycles. The van der Waals surface area contributed by atoms with Crippen molar-refractivity contribution in [1.82, 2.24) is 4.57 Å². The van der Waals surface area contributed by atoms with Gasteiger partial charge in [-0.25, -0.2) is 5.01 Å². The zero-order valence-corrected chi connectivity index (χ0v) is 12.5. The molecule has 5 heteroatoms. The number of hydrogen-bond donors (Lipinski definition) is 0. The Hall–Kier alpha value is -2.66. The number of thiazole rings is 1. The largest absolute Gasteiger partial charge is 0.271 e. The highest BCUT2D eigenvalue weighted by Crippen LogP contribution is 2.15. The maximum Gasteiger partial charge on any atom is 0.271 e. The molecule has 2 aromatic carbocycles. The predicted octanol–water partition coefficient (Wildman–Crippen LogP) is 1.75. The Morgan fingerprint density at radius 3 is 2.36 bits per heavy atom. The summed E-state index contributed by atoms with van der Waals surface area (Å²) in [4.78, 5) is 13.2. The molecule has 0 spiro atoms. The van der Waals surface area contributed by atoms with Crippen LogP contribution in [0.3, 0.4) is 0 Å². The highest BCUT2D eigenvalue weighted by atomic mass is 32.1. The lowest BCUT2D eigenvalue weighted by Crippen LogP contribution is -2.31. The maximum absolute atomic E-state index is 12.5.